The molecule has 0 spiro atoms. The Hall–Kier alpha value is -3.23. The number of imidazole rings is 1. The number of phosphoric ester groups is 3. The SMILES string of the molecule is CC(C)(COP(=O)(O)OP(=O)(O)OCC1OC(n2cnc3c(N)ncnc32)C(O)C1OP(=O)(O)O)C(O)C(=O)NCCC(=O)NCCSC(=O)CCC/C=C/CCCC(=O)O. The van der Waals surface area contributed by atoms with Gasteiger partial charge in [0.25, 0.3) is 0 Å². The van der Waals surface area contributed by atoms with Crippen molar-refractivity contribution >= 4 is 75.1 Å². The van der Waals surface area contributed by atoms with Gasteiger partial charge in [-0.1, -0.05) is 37.8 Å². The third kappa shape index (κ3) is 17.8. The lowest BCUT2D eigenvalue weighted by Crippen LogP contribution is -2.46. The van der Waals surface area contributed by atoms with Crippen LogP contribution >= 0.6 is 35.2 Å². The first-order valence-corrected chi connectivity index (χ1v) is 23.8. The molecule has 7 atom stereocenters. The fraction of sp³-hybridized carbons (Fsp3) is 0.645. The molecular weight excluding hydrogens is 899 g/mol. The van der Waals surface area contributed by atoms with Gasteiger partial charge in [0.15, 0.2) is 22.8 Å². The predicted molar refractivity (Wildman–Crippen MR) is 212 cm³/mol. The van der Waals surface area contributed by atoms with Crippen LogP contribution < -0.4 is 16.4 Å². The third-order valence-electron chi connectivity index (χ3n) is 8.44. The van der Waals surface area contributed by atoms with Gasteiger partial charge in [-0.2, -0.15) is 4.31 Å². The number of phosphoric acid groups is 3. The van der Waals surface area contributed by atoms with Crippen LogP contribution in [0.2, 0.25) is 0 Å². The maximum atomic E-state index is 12.7. The highest BCUT2D eigenvalue weighted by Crippen LogP contribution is 2.61. The second-order valence-electron chi connectivity index (χ2n) is 13.9. The number of nitrogens with one attached hydrogen (secondary N) is 2. The number of aliphatic hydroxyl groups excluding tert-OH is 2. The van der Waals surface area contributed by atoms with Gasteiger partial charge in [0.1, 0.15) is 36.3 Å². The van der Waals surface area contributed by atoms with Crippen LogP contribution in [-0.4, -0.2) is 134 Å². The Bertz CT molecular complexity index is 2000. The van der Waals surface area contributed by atoms with Gasteiger partial charge in [-0.05, 0) is 25.7 Å². The van der Waals surface area contributed by atoms with Gasteiger partial charge >= 0.3 is 29.4 Å². The molecule has 26 nitrogen and oxygen atoms in total. The number of nitrogen functional groups attached to an aromatic ring is 1. The summed E-state index contributed by atoms with van der Waals surface area (Å²) in [7, 11) is -16.4. The van der Waals surface area contributed by atoms with Gasteiger partial charge in [0.2, 0.25) is 11.8 Å². The minimum atomic E-state index is -5.59. The quantitative estimate of drug-likeness (QED) is 0.0334. The van der Waals surface area contributed by atoms with Crippen LogP contribution in [0.15, 0.2) is 24.8 Å². The molecular formula is C31H50N7O19P3S. The molecule has 3 rings (SSSR count). The number of aromatic nitrogens is 4. The number of nitrogens with two attached hydrogens (primary N) is 1. The number of unbranched alkanes of at least 4 members (excludes halogenated alkanes) is 2. The Morgan fingerprint density at radius 2 is 1.64 bits per heavy atom. The van der Waals surface area contributed by atoms with Crippen LogP contribution in [0.4, 0.5) is 5.82 Å². The van der Waals surface area contributed by atoms with E-state index in [0.29, 0.717) is 37.9 Å². The van der Waals surface area contributed by atoms with Gasteiger partial charge in [-0.3, -0.25) is 37.3 Å². The van der Waals surface area contributed by atoms with Crippen molar-refractivity contribution in [3.8, 4) is 0 Å². The number of carboxylic acids is 1. The summed E-state index contributed by atoms with van der Waals surface area (Å²) in [6.45, 7) is 0.396. The van der Waals surface area contributed by atoms with Crippen molar-refractivity contribution in [2.45, 2.75) is 89.4 Å². The Morgan fingerprint density at radius 1 is 0.984 bits per heavy atom. The second-order valence-corrected chi connectivity index (χ2v) is 19.3. The van der Waals surface area contributed by atoms with Crippen LogP contribution in [0.25, 0.3) is 11.2 Å². The Labute approximate surface area is 352 Å². The highest BCUT2D eigenvalue weighted by Gasteiger charge is 2.50. The maximum absolute atomic E-state index is 12.7. The number of allylic oxidation sites excluding steroid dienone is 2. The van der Waals surface area contributed by atoms with Crippen molar-refractivity contribution in [1.82, 2.24) is 30.2 Å². The number of carboxylic acid groups (broad SMARTS) is 1. The molecule has 1 aliphatic rings. The minimum Gasteiger partial charge on any atom is -0.481 e. The smallest absolute Gasteiger partial charge is 0.481 e. The van der Waals surface area contributed by atoms with Gasteiger partial charge in [0, 0.05) is 43.5 Å². The zero-order chi connectivity index (χ0) is 45.6. The molecule has 1 aliphatic heterocycles. The number of ether oxygens (including phenoxy) is 1. The van der Waals surface area contributed by atoms with E-state index in [9.17, 15) is 62.7 Å². The summed E-state index contributed by atoms with van der Waals surface area (Å²) in [5, 5.41) is 35.0. The number of hydrogen-bond donors (Lipinski definition) is 10. The first-order chi connectivity index (χ1) is 28.4. The minimum absolute atomic E-state index is 0.0236. The lowest BCUT2D eigenvalue weighted by atomic mass is 9.87. The second kappa shape index (κ2) is 23.5. The van der Waals surface area contributed by atoms with Crippen molar-refractivity contribution in [3.05, 3.63) is 24.8 Å². The van der Waals surface area contributed by atoms with Crippen LogP contribution in [-0.2, 0) is 55.5 Å². The number of hydrogen-bond acceptors (Lipinski definition) is 19. The molecule has 0 aromatic carbocycles. The normalized spacial score (nSPS) is 20.9. The summed E-state index contributed by atoms with van der Waals surface area (Å²) in [5.74, 6) is -2.03. The molecule has 344 valence electrons. The van der Waals surface area contributed by atoms with Crippen LogP contribution in [0, 0.1) is 5.41 Å². The summed E-state index contributed by atoms with van der Waals surface area (Å²) >= 11 is 1.06. The average molecular weight is 950 g/mol. The van der Waals surface area contributed by atoms with Crippen LogP contribution in [0.1, 0.15) is 65.0 Å². The number of anilines is 1. The van der Waals surface area contributed by atoms with Crippen molar-refractivity contribution in [2.75, 3.05) is 37.8 Å². The molecule has 30 heteroatoms. The number of amides is 2. The number of aliphatic carboxylic acids is 1. The molecule has 0 bridgehead atoms. The Kier molecular flexibility index (Phi) is 20.0. The fourth-order valence-electron chi connectivity index (χ4n) is 5.34. The Morgan fingerprint density at radius 3 is 2.30 bits per heavy atom. The van der Waals surface area contributed by atoms with Crippen LogP contribution in [0.5, 0.6) is 0 Å². The van der Waals surface area contributed by atoms with Gasteiger partial charge in [-0.25, -0.2) is 28.6 Å². The predicted octanol–water partition coefficient (Wildman–Crippen LogP) is 0.646. The largest absolute Gasteiger partial charge is 0.481 e. The lowest BCUT2D eigenvalue weighted by molar-refractivity contribution is -0.137. The summed E-state index contributed by atoms with van der Waals surface area (Å²) < 4.78 is 62.2. The molecule has 2 aromatic heterocycles. The fourth-order valence-corrected chi connectivity index (χ4v) is 8.89. The van der Waals surface area contributed by atoms with E-state index in [1.807, 2.05) is 12.2 Å². The van der Waals surface area contributed by atoms with E-state index < -0.39 is 90.5 Å². The number of carbonyl (C=O) groups is 4. The zero-order valence-corrected chi connectivity index (χ0v) is 36.3. The van der Waals surface area contributed by atoms with Crippen molar-refractivity contribution in [1.29, 1.82) is 0 Å². The number of carbonyl (C=O) groups excluding carboxylic acids is 3. The average Bonchev–Trinajstić information content (AvgIpc) is 3.72. The summed E-state index contributed by atoms with van der Waals surface area (Å²) in [5.41, 5.74) is 4.23. The Balaban J connectivity index is 1.40. The number of aliphatic hydroxyl groups is 2. The third-order valence-corrected chi connectivity index (χ3v) is 12.5. The molecule has 0 radical (unpaired) electrons. The topological polar surface area (TPSA) is 401 Å². The number of rotatable bonds is 27. The van der Waals surface area contributed by atoms with Crippen molar-refractivity contribution < 1.29 is 90.4 Å². The first kappa shape index (κ1) is 52.1. The van der Waals surface area contributed by atoms with E-state index in [-0.39, 0.29) is 48.0 Å². The van der Waals surface area contributed by atoms with E-state index in [2.05, 4.69) is 34.4 Å². The molecule has 1 fully saturated rings. The number of fused-ring (bicyclic) bond motifs is 1. The summed E-state index contributed by atoms with van der Waals surface area (Å²) in [6, 6.07) is 0. The molecule has 3 heterocycles. The van der Waals surface area contributed by atoms with E-state index in [0.717, 1.165) is 29.0 Å². The van der Waals surface area contributed by atoms with Gasteiger partial charge < -0.3 is 56.0 Å². The molecule has 2 amide bonds. The number of nitrogens with zero attached hydrogens (tertiary/aromatic N) is 4. The zero-order valence-electron chi connectivity index (χ0n) is 32.8. The van der Waals surface area contributed by atoms with Gasteiger partial charge in [0.05, 0.1) is 19.5 Å². The first-order valence-electron chi connectivity index (χ1n) is 18.3. The molecule has 1 saturated heterocycles. The molecule has 61 heavy (non-hydrogen) atoms. The summed E-state index contributed by atoms with van der Waals surface area (Å²) in [4.78, 5) is 98.3. The van der Waals surface area contributed by atoms with Crippen molar-refractivity contribution in [3.63, 3.8) is 0 Å². The van der Waals surface area contributed by atoms with Crippen molar-refractivity contribution in [2.24, 2.45) is 5.41 Å². The summed E-state index contributed by atoms with van der Waals surface area (Å²) in [6.07, 6.45) is -0.274. The van der Waals surface area contributed by atoms with E-state index >= 15 is 0 Å². The highest BCUT2D eigenvalue weighted by atomic mass is 32.2. The molecule has 7 unspecified atom stereocenters. The monoisotopic (exact) mass is 949 g/mol. The maximum Gasteiger partial charge on any atom is 0.481 e. The van der Waals surface area contributed by atoms with Crippen LogP contribution in [0.3, 0.4) is 0 Å². The van der Waals surface area contributed by atoms with E-state index in [1.54, 1.807) is 0 Å². The standard InChI is InChI=1S/C31H50N7O19P3S/c1-31(2,26(44)29(45)34-12-11-20(39)33-13-14-61-22(42)10-8-6-4-3-5-7-9-21(40)41)16-54-60(51,52)57-59(49,50)53-15-19-25(56-58(46,47)48)24(43)30(55-19)38-18-37-23-27(32)35-17-36-28(23)38/h3-4,17-19,24-26,30,43-44H,5-16H2,1-2H3,(H,33,39)(H,34,45)(H,40,41)(H,49,50)(H,51,52)(H2,32,35,36)(H2,46,47,48)/b4-3+. The highest BCUT2D eigenvalue weighted by molar-refractivity contribution is 8.13. The van der Waals surface area contributed by atoms with E-state index in [1.165, 1.54) is 13.8 Å². The number of thioether (sulfide) groups is 1. The van der Waals surface area contributed by atoms with Gasteiger partial charge in [-0.15, -0.1) is 0 Å². The molecule has 2 aromatic rings. The lowest BCUT2D eigenvalue weighted by Gasteiger charge is -2.30. The molecule has 0 aliphatic carbocycles. The molecule has 0 saturated carbocycles. The molecule has 11 N–H and O–H groups in total. The van der Waals surface area contributed by atoms with E-state index in [4.69, 9.17) is 24.6 Å².